The number of ether oxygens (including phenoxy) is 2. The van der Waals surface area contributed by atoms with Crippen LogP contribution in [0.15, 0.2) is 90.2 Å². The lowest BCUT2D eigenvalue weighted by molar-refractivity contribution is -0.146. The highest BCUT2D eigenvalue weighted by atomic mass is 32.2. The minimum Gasteiger partial charge on any atom is -0.487 e. The Balaban J connectivity index is 1.63. The average molecular weight is 640 g/mol. The first-order valence-electron chi connectivity index (χ1n) is 15.6. The van der Waals surface area contributed by atoms with E-state index in [1.165, 1.54) is 0 Å². The molecule has 1 N–H and O–H groups in total. The second kappa shape index (κ2) is 15.4. The smallest absolute Gasteiger partial charge is 0.309 e. The zero-order chi connectivity index (χ0) is 33.3. The van der Waals surface area contributed by atoms with Crippen LogP contribution in [0.3, 0.4) is 0 Å². The Morgan fingerprint density at radius 3 is 2.26 bits per heavy atom. The van der Waals surface area contributed by atoms with Crippen molar-refractivity contribution in [2.45, 2.75) is 78.0 Å². The third kappa shape index (κ3) is 10.2. The number of rotatable bonds is 14. The first-order valence-corrected chi connectivity index (χ1v) is 16.5. The van der Waals surface area contributed by atoms with E-state index in [0.717, 1.165) is 45.0 Å². The molecule has 7 nitrogen and oxygen atoms in total. The molecule has 46 heavy (non-hydrogen) atoms. The van der Waals surface area contributed by atoms with Gasteiger partial charge >= 0.3 is 5.97 Å². The molecule has 4 aromatic rings. The monoisotopic (exact) mass is 639 g/mol. The van der Waals surface area contributed by atoms with Crippen LogP contribution in [0.1, 0.15) is 75.6 Å². The summed E-state index contributed by atoms with van der Waals surface area (Å²) in [5.41, 5.74) is 5.91. The van der Waals surface area contributed by atoms with Crippen LogP contribution in [0.5, 0.6) is 11.6 Å². The van der Waals surface area contributed by atoms with Gasteiger partial charge in [-0.15, -0.1) is 11.8 Å². The van der Waals surface area contributed by atoms with Crippen LogP contribution in [-0.4, -0.2) is 38.1 Å². The van der Waals surface area contributed by atoms with E-state index in [1.54, 1.807) is 25.6 Å². The summed E-state index contributed by atoms with van der Waals surface area (Å²) in [6.45, 7) is 15.3. The maximum atomic E-state index is 12.3. The first-order chi connectivity index (χ1) is 21.8. The Kier molecular flexibility index (Phi) is 11.6. The molecule has 4 rings (SSSR count). The van der Waals surface area contributed by atoms with Gasteiger partial charge in [0.25, 0.3) is 0 Å². The fourth-order valence-electron chi connectivity index (χ4n) is 4.73. The molecule has 1 unspecified atom stereocenters. The van der Waals surface area contributed by atoms with Gasteiger partial charge in [-0.25, -0.2) is 4.98 Å². The normalized spacial score (nSPS) is 12.9. The molecule has 2 heterocycles. The van der Waals surface area contributed by atoms with Gasteiger partial charge in [-0.3, -0.25) is 14.8 Å². The van der Waals surface area contributed by atoms with Crippen molar-refractivity contribution >= 4 is 23.4 Å². The van der Waals surface area contributed by atoms with E-state index < -0.39 is 11.4 Å². The predicted octanol–water partition coefficient (Wildman–Crippen LogP) is 9.14. The van der Waals surface area contributed by atoms with Crippen molar-refractivity contribution in [3.8, 4) is 22.8 Å². The first kappa shape index (κ1) is 34.7. The largest absolute Gasteiger partial charge is 0.487 e. The molecule has 0 radical (unpaired) electrons. The number of carbonyl (C=O) groups is 1. The predicted molar refractivity (Wildman–Crippen MR) is 188 cm³/mol. The molecule has 2 aromatic heterocycles. The highest BCUT2D eigenvalue weighted by Gasteiger charge is 2.34. The Hall–Kier alpha value is -4.17. The minimum absolute atomic E-state index is 0.116. The van der Waals surface area contributed by atoms with Crippen molar-refractivity contribution in [3.63, 3.8) is 0 Å². The van der Waals surface area contributed by atoms with Gasteiger partial charge in [-0.1, -0.05) is 63.2 Å². The van der Waals surface area contributed by atoms with E-state index in [2.05, 4.69) is 61.1 Å². The number of aliphatic carboxylic acids is 1. The van der Waals surface area contributed by atoms with Gasteiger partial charge < -0.3 is 14.6 Å². The SMILES string of the molecule is CCOc1ccc(-c2ccc(CN=C(CC(C)(C)C(=O)O)C(SC(C)(C)C)c3cccc(OCc4ccc(C)cn4)c3)cc2)cn1. The highest BCUT2D eigenvalue weighted by molar-refractivity contribution is 8.01. The summed E-state index contributed by atoms with van der Waals surface area (Å²) in [5.74, 6) is 0.489. The number of aryl methyl sites for hydroxylation is 1. The summed E-state index contributed by atoms with van der Waals surface area (Å²) in [6, 6.07) is 24.2. The van der Waals surface area contributed by atoms with Crippen molar-refractivity contribution in [3.05, 3.63) is 108 Å². The number of benzene rings is 2. The van der Waals surface area contributed by atoms with Crippen LogP contribution in [0.2, 0.25) is 0 Å². The summed E-state index contributed by atoms with van der Waals surface area (Å²) >= 11 is 1.77. The lowest BCUT2D eigenvalue weighted by Crippen LogP contribution is -2.30. The average Bonchev–Trinajstić information content (AvgIpc) is 3.02. The molecule has 2 aromatic carbocycles. The van der Waals surface area contributed by atoms with Crippen molar-refractivity contribution in [1.29, 1.82) is 0 Å². The molecule has 0 saturated carbocycles. The molecule has 0 spiro atoms. The van der Waals surface area contributed by atoms with E-state index in [0.29, 0.717) is 32.1 Å². The summed E-state index contributed by atoms with van der Waals surface area (Å²) < 4.78 is 11.5. The number of aliphatic imine (C=N–C) groups is 1. The standard InChI is InChI=1S/C38H45N3O4S/c1-8-44-34-19-17-30(24-41-34)28-15-13-27(14-16-28)23-40-33(21-38(6,7)36(42)43)35(46-37(3,4)5)29-10-9-11-32(20-29)45-25-31-18-12-26(2)22-39-31/h9-20,22,24,35H,8,21,23,25H2,1-7H3,(H,42,43). The van der Waals surface area contributed by atoms with Crippen LogP contribution >= 0.6 is 11.8 Å². The topological polar surface area (TPSA) is 93.9 Å². The number of pyridine rings is 2. The fourth-order valence-corrected chi connectivity index (χ4v) is 6.01. The summed E-state index contributed by atoms with van der Waals surface area (Å²) in [7, 11) is 0. The number of hydrogen-bond donors (Lipinski definition) is 1. The molecule has 1 atom stereocenters. The molecule has 0 aliphatic rings. The third-order valence-corrected chi connectivity index (χ3v) is 8.76. The number of carboxylic acids is 1. The quantitative estimate of drug-likeness (QED) is 0.138. The van der Waals surface area contributed by atoms with Crippen LogP contribution in [0.4, 0.5) is 0 Å². The molecule has 0 amide bonds. The molecular weight excluding hydrogens is 595 g/mol. The van der Waals surface area contributed by atoms with Gasteiger partial charge in [0.05, 0.1) is 29.5 Å². The number of thioether (sulfide) groups is 1. The number of hydrogen-bond acceptors (Lipinski definition) is 7. The molecule has 8 heteroatoms. The van der Waals surface area contributed by atoms with Gasteiger partial charge in [-0.05, 0) is 74.2 Å². The van der Waals surface area contributed by atoms with Crippen LogP contribution < -0.4 is 9.47 Å². The summed E-state index contributed by atoms with van der Waals surface area (Å²) in [4.78, 5) is 26.3. The number of nitrogens with zero attached hydrogens (tertiary/aromatic N) is 3. The van der Waals surface area contributed by atoms with Crippen molar-refractivity contribution in [1.82, 2.24) is 9.97 Å². The van der Waals surface area contributed by atoms with Crippen LogP contribution in [-0.2, 0) is 17.9 Å². The Labute approximate surface area is 277 Å². The van der Waals surface area contributed by atoms with Gasteiger partial charge in [-0.2, -0.15) is 0 Å². The molecular formula is C38H45N3O4S. The zero-order valence-corrected chi connectivity index (χ0v) is 28.7. The Morgan fingerprint density at radius 1 is 0.913 bits per heavy atom. The van der Waals surface area contributed by atoms with E-state index in [9.17, 15) is 9.90 Å². The fraction of sp³-hybridized carbons (Fsp3) is 0.368. The molecule has 242 valence electrons. The minimum atomic E-state index is -0.995. The van der Waals surface area contributed by atoms with E-state index >= 15 is 0 Å². The Morgan fingerprint density at radius 2 is 1.65 bits per heavy atom. The highest BCUT2D eigenvalue weighted by Crippen LogP contribution is 2.43. The molecule has 0 saturated heterocycles. The molecule has 0 aliphatic carbocycles. The zero-order valence-electron chi connectivity index (χ0n) is 27.9. The van der Waals surface area contributed by atoms with Crippen LogP contribution in [0, 0.1) is 12.3 Å². The summed E-state index contributed by atoms with van der Waals surface area (Å²) in [6.07, 6.45) is 3.96. The van der Waals surface area contributed by atoms with Crippen molar-refractivity contribution in [2.75, 3.05) is 6.61 Å². The van der Waals surface area contributed by atoms with Crippen molar-refractivity contribution < 1.29 is 19.4 Å². The number of carboxylic acid groups (broad SMARTS) is 1. The lowest BCUT2D eigenvalue weighted by Gasteiger charge is -2.30. The van der Waals surface area contributed by atoms with Gasteiger partial charge in [0.15, 0.2) is 0 Å². The third-order valence-electron chi connectivity index (χ3n) is 7.28. The lowest BCUT2D eigenvalue weighted by atomic mass is 9.85. The second-order valence-electron chi connectivity index (χ2n) is 13.0. The molecule has 0 fully saturated rings. The van der Waals surface area contributed by atoms with Crippen molar-refractivity contribution in [2.24, 2.45) is 10.4 Å². The maximum absolute atomic E-state index is 12.3. The summed E-state index contributed by atoms with van der Waals surface area (Å²) in [5, 5.41) is 9.91. The molecule has 0 bridgehead atoms. The van der Waals surface area contributed by atoms with Gasteiger partial charge in [0.2, 0.25) is 5.88 Å². The van der Waals surface area contributed by atoms with Gasteiger partial charge in [0, 0.05) is 40.9 Å². The second-order valence-corrected chi connectivity index (χ2v) is 14.9. The van der Waals surface area contributed by atoms with Crippen LogP contribution in [0.25, 0.3) is 11.1 Å². The van der Waals surface area contributed by atoms with E-state index in [1.807, 2.05) is 68.7 Å². The van der Waals surface area contributed by atoms with Gasteiger partial charge in [0.1, 0.15) is 12.4 Å². The maximum Gasteiger partial charge on any atom is 0.309 e. The number of aromatic nitrogens is 2. The molecule has 0 aliphatic heterocycles. The van der Waals surface area contributed by atoms with E-state index in [-0.39, 0.29) is 10.00 Å². The van der Waals surface area contributed by atoms with E-state index in [4.69, 9.17) is 14.5 Å². The Bertz CT molecular complexity index is 1610.